The van der Waals surface area contributed by atoms with Gasteiger partial charge in [-0.25, -0.2) is 0 Å². The van der Waals surface area contributed by atoms with Crippen LogP contribution in [0, 0.1) is 44.3 Å². The summed E-state index contributed by atoms with van der Waals surface area (Å²) in [7, 11) is 0. The summed E-state index contributed by atoms with van der Waals surface area (Å²) in [6.45, 7) is 17.0. The quantitative estimate of drug-likeness (QED) is 0.405. The number of rotatable bonds is 1. The maximum atomic E-state index is 12.7. The largest absolute Gasteiger partial charge is 0.481 e. The lowest BCUT2D eigenvalue weighted by atomic mass is 9.34. The summed E-state index contributed by atoms with van der Waals surface area (Å²) in [5.41, 5.74) is 3.05. The van der Waals surface area contributed by atoms with Crippen molar-refractivity contribution in [2.45, 2.75) is 125 Å². The van der Waals surface area contributed by atoms with E-state index in [1.165, 1.54) is 24.8 Å². The van der Waals surface area contributed by atoms with Gasteiger partial charge >= 0.3 is 5.97 Å². The van der Waals surface area contributed by atoms with Gasteiger partial charge in [0.2, 0.25) is 0 Å². The first kappa shape index (κ1) is 23.9. The molecule has 0 heterocycles. The molecule has 186 valence electrons. The molecule has 0 saturated heterocycles. The number of aliphatic carboxylic acids is 1. The fraction of sp³-hybridized carbons (Fsp3) is 0.900. The number of aliphatic hydroxyl groups excluding tert-OH is 1. The molecule has 0 aromatic rings. The molecule has 0 bridgehead atoms. The van der Waals surface area contributed by atoms with Gasteiger partial charge in [-0.2, -0.15) is 0 Å². The summed E-state index contributed by atoms with van der Waals surface area (Å²) >= 11 is 0. The van der Waals surface area contributed by atoms with Crippen LogP contribution in [-0.2, 0) is 4.79 Å². The highest BCUT2D eigenvalue weighted by Gasteiger charge is 2.68. The van der Waals surface area contributed by atoms with Gasteiger partial charge < -0.3 is 10.2 Å². The van der Waals surface area contributed by atoms with Crippen molar-refractivity contribution in [1.82, 2.24) is 0 Å². The SMILES string of the molecule is CC1(C)CC[C@]2(C(=O)O)CC[C@]3(C)C(=C2C1)CCC1[C@@]2(C)CC[C@@H](O)C(C)(C)C2CC[C@]13C. The Hall–Kier alpha value is -0.830. The number of carboxylic acid groups (broad SMARTS) is 1. The van der Waals surface area contributed by atoms with E-state index in [-0.39, 0.29) is 33.2 Å². The smallest absolute Gasteiger partial charge is 0.313 e. The molecule has 0 radical (unpaired) electrons. The van der Waals surface area contributed by atoms with Crippen molar-refractivity contribution in [2.24, 2.45) is 44.3 Å². The molecular weight excluding hydrogens is 408 g/mol. The number of carbonyl (C=O) groups is 1. The maximum Gasteiger partial charge on any atom is 0.313 e. The molecular formula is C30H48O3. The second-order valence-corrected chi connectivity index (χ2v) is 15.0. The molecule has 0 aromatic heterocycles. The lowest BCUT2D eigenvalue weighted by molar-refractivity contribution is -0.205. The molecule has 5 aliphatic rings. The van der Waals surface area contributed by atoms with Gasteiger partial charge in [-0.3, -0.25) is 4.79 Å². The zero-order valence-corrected chi connectivity index (χ0v) is 22.3. The van der Waals surface area contributed by atoms with Crippen molar-refractivity contribution in [2.75, 3.05) is 0 Å². The van der Waals surface area contributed by atoms with Crippen LogP contribution in [0.3, 0.4) is 0 Å². The molecule has 0 aliphatic heterocycles. The fourth-order valence-corrected chi connectivity index (χ4v) is 10.6. The molecule has 0 spiro atoms. The van der Waals surface area contributed by atoms with Crippen LogP contribution < -0.4 is 0 Å². The molecule has 7 atom stereocenters. The minimum Gasteiger partial charge on any atom is -0.481 e. The predicted molar refractivity (Wildman–Crippen MR) is 133 cm³/mol. The first-order valence-corrected chi connectivity index (χ1v) is 13.8. The van der Waals surface area contributed by atoms with E-state index in [2.05, 4.69) is 48.5 Å². The lowest BCUT2D eigenvalue weighted by Gasteiger charge is -2.71. The van der Waals surface area contributed by atoms with E-state index in [9.17, 15) is 15.0 Å². The van der Waals surface area contributed by atoms with E-state index in [4.69, 9.17) is 0 Å². The number of allylic oxidation sites excluding steroid dienone is 1. The van der Waals surface area contributed by atoms with E-state index in [0.717, 1.165) is 51.4 Å². The Bertz CT molecular complexity index is 898. The number of aliphatic hydroxyl groups is 1. The van der Waals surface area contributed by atoms with Gasteiger partial charge in [-0.1, -0.05) is 59.6 Å². The van der Waals surface area contributed by atoms with Gasteiger partial charge in [-0.15, -0.1) is 0 Å². The first-order chi connectivity index (χ1) is 15.1. The normalized spacial score (nSPS) is 50.5. The maximum absolute atomic E-state index is 12.7. The fourth-order valence-electron chi connectivity index (χ4n) is 10.6. The van der Waals surface area contributed by atoms with E-state index in [0.29, 0.717) is 11.8 Å². The van der Waals surface area contributed by atoms with Crippen molar-refractivity contribution in [3.05, 3.63) is 11.1 Å². The molecule has 3 nitrogen and oxygen atoms in total. The predicted octanol–water partition coefficient (Wildman–Crippen LogP) is 7.38. The third kappa shape index (κ3) is 2.87. The highest BCUT2D eigenvalue weighted by molar-refractivity contribution is 5.80. The average Bonchev–Trinajstić information content (AvgIpc) is 2.71. The van der Waals surface area contributed by atoms with Crippen molar-refractivity contribution < 1.29 is 15.0 Å². The molecule has 4 saturated carbocycles. The Morgan fingerprint density at radius 2 is 1.45 bits per heavy atom. The standard InChI is InChI=1S/C30H48O3/c1-25(2)14-16-30(24(32)33)17-15-28(6)19(20(30)18-25)8-9-22-27(5)12-11-23(31)26(3,4)21(27)10-13-29(22,28)7/h21-23,31H,8-18H2,1-7H3,(H,32,33)/t21?,22?,23-,27+,28-,29-,30+/m1/s1. The number of carboxylic acids is 1. The molecule has 3 heteroatoms. The lowest BCUT2D eigenvalue weighted by Crippen LogP contribution is -2.64. The number of fused-ring (bicyclic) bond motifs is 6. The summed E-state index contributed by atoms with van der Waals surface area (Å²) < 4.78 is 0. The zero-order chi connectivity index (χ0) is 24.2. The molecule has 4 fully saturated rings. The molecule has 33 heavy (non-hydrogen) atoms. The minimum atomic E-state index is -0.606. The van der Waals surface area contributed by atoms with Crippen LogP contribution in [0.25, 0.3) is 0 Å². The van der Waals surface area contributed by atoms with Crippen molar-refractivity contribution in [3.63, 3.8) is 0 Å². The average molecular weight is 457 g/mol. The Labute approximate surface area is 201 Å². The van der Waals surface area contributed by atoms with Gasteiger partial charge in [-0.05, 0) is 110 Å². The highest BCUT2D eigenvalue weighted by atomic mass is 16.4. The van der Waals surface area contributed by atoms with Crippen molar-refractivity contribution in [1.29, 1.82) is 0 Å². The van der Waals surface area contributed by atoms with Crippen LogP contribution >= 0.6 is 0 Å². The molecule has 2 N–H and O–H groups in total. The Morgan fingerprint density at radius 3 is 2.12 bits per heavy atom. The van der Waals surface area contributed by atoms with E-state index in [1.54, 1.807) is 5.57 Å². The van der Waals surface area contributed by atoms with E-state index in [1.807, 2.05) is 0 Å². The van der Waals surface area contributed by atoms with Crippen LogP contribution in [-0.4, -0.2) is 22.3 Å². The number of hydrogen-bond donors (Lipinski definition) is 2. The highest BCUT2D eigenvalue weighted by Crippen LogP contribution is 2.75. The third-order valence-electron chi connectivity index (χ3n) is 12.9. The van der Waals surface area contributed by atoms with Crippen LogP contribution in [0.4, 0.5) is 0 Å². The number of hydrogen-bond acceptors (Lipinski definition) is 2. The minimum absolute atomic E-state index is 0.0214. The summed E-state index contributed by atoms with van der Waals surface area (Å²) in [6.07, 6.45) is 11.2. The van der Waals surface area contributed by atoms with E-state index >= 15 is 0 Å². The van der Waals surface area contributed by atoms with Crippen molar-refractivity contribution in [3.8, 4) is 0 Å². The van der Waals surface area contributed by atoms with Crippen molar-refractivity contribution >= 4 is 5.97 Å². The Kier molecular flexibility index (Phi) is 4.99. The molecule has 5 rings (SSSR count). The van der Waals surface area contributed by atoms with Crippen LogP contribution in [0.5, 0.6) is 0 Å². The molecule has 2 unspecified atom stereocenters. The molecule has 0 aromatic carbocycles. The summed E-state index contributed by atoms with van der Waals surface area (Å²) in [4.78, 5) is 12.7. The first-order valence-electron chi connectivity index (χ1n) is 13.8. The van der Waals surface area contributed by atoms with Gasteiger partial charge in [0.05, 0.1) is 11.5 Å². The summed E-state index contributed by atoms with van der Waals surface area (Å²) in [5, 5.41) is 21.4. The molecule has 0 amide bonds. The topological polar surface area (TPSA) is 57.5 Å². The van der Waals surface area contributed by atoms with E-state index < -0.39 is 11.4 Å². The van der Waals surface area contributed by atoms with Gasteiger partial charge in [0.15, 0.2) is 0 Å². The zero-order valence-electron chi connectivity index (χ0n) is 22.3. The summed E-state index contributed by atoms with van der Waals surface area (Å²) in [5.74, 6) is 0.660. The Balaban J connectivity index is 1.62. The molecule has 5 aliphatic carbocycles. The van der Waals surface area contributed by atoms with Crippen LogP contribution in [0.15, 0.2) is 11.1 Å². The second-order valence-electron chi connectivity index (χ2n) is 15.0. The van der Waals surface area contributed by atoms with Gasteiger partial charge in [0, 0.05) is 0 Å². The third-order valence-corrected chi connectivity index (χ3v) is 12.9. The second kappa shape index (κ2) is 6.89. The Morgan fingerprint density at radius 1 is 0.788 bits per heavy atom. The van der Waals surface area contributed by atoms with Crippen LogP contribution in [0.1, 0.15) is 119 Å². The van der Waals surface area contributed by atoms with Gasteiger partial charge in [0.1, 0.15) is 0 Å². The van der Waals surface area contributed by atoms with Gasteiger partial charge in [0.25, 0.3) is 0 Å². The monoisotopic (exact) mass is 456 g/mol. The van der Waals surface area contributed by atoms with Crippen LogP contribution in [0.2, 0.25) is 0 Å². The summed E-state index contributed by atoms with van der Waals surface area (Å²) in [6, 6.07) is 0.